The molecule has 2 atom stereocenters. The van der Waals surface area contributed by atoms with E-state index in [-0.39, 0.29) is 18.5 Å². The molecular weight excluding hydrogens is 246 g/mol. The van der Waals surface area contributed by atoms with Crippen molar-refractivity contribution in [1.82, 2.24) is 0 Å². The van der Waals surface area contributed by atoms with E-state index in [0.29, 0.717) is 5.92 Å². The lowest BCUT2D eigenvalue weighted by atomic mass is 9.82. The number of rotatable bonds is 3. The summed E-state index contributed by atoms with van der Waals surface area (Å²) in [5, 5.41) is 9.96. The van der Waals surface area contributed by atoms with Crippen LogP contribution >= 0.6 is 12.4 Å². The van der Waals surface area contributed by atoms with E-state index in [2.05, 4.69) is 43.3 Å². The molecule has 3 heteroatoms. The molecule has 1 fully saturated rings. The van der Waals surface area contributed by atoms with Crippen molar-refractivity contribution in [3.63, 3.8) is 0 Å². The minimum atomic E-state index is -0.0859. The second kappa shape index (κ2) is 7.01. The topological polar surface area (TPSA) is 23.5 Å². The molecule has 0 bridgehead atoms. The lowest BCUT2D eigenvalue weighted by Gasteiger charge is -2.27. The number of aliphatic hydroxyl groups is 1. The van der Waals surface area contributed by atoms with Crippen molar-refractivity contribution >= 4 is 18.1 Å². The van der Waals surface area contributed by atoms with Crippen molar-refractivity contribution in [2.45, 2.75) is 38.2 Å². The molecule has 0 aromatic heterocycles. The molecule has 2 unspecified atom stereocenters. The molecule has 2 nitrogen and oxygen atoms in total. The molecule has 0 heterocycles. The summed E-state index contributed by atoms with van der Waals surface area (Å²) >= 11 is 0. The molecule has 1 saturated carbocycles. The predicted octanol–water partition coefficient (Wildman–Crippen LogP) is 3.27. The van der Waals surface area contributed by atoms with Gasteiger partial charge in [0.1, 0.15) is 0 Å². The molecule has 0 amide bonds. The fourth-order valence-electron chi connectivity index (χ4n) is 2.66. The number of hydrogen-bond donors (Lipinski definition) is 1. The highest BCUT2D eigenvalue weighted by molar-refractivity contribution is 5.85. The Hall–Kier alpha value is -0.730. The molecule has 0 radical (unpaired) electrons. The highest BCUT2D eigenvalue weighted by atomic mass is 35.5. The highest BCUT2D eigenvalue weighted by Crippen LogP contribution is 2.27. The first-order chi connectivity index (χ1) is 8.16. The number of benzene rings is 1. The Morgan fingerprint density at radius 3 is 2.28 bits per heavy atom. The molecule has 2 rings (SSSR count). The Kier molecular flexibility index (Phi) is 5.97. The molecule has 0 aliphatic heterocycles. The largest absolute Gasteiger partial charge is 0.393 e. The zero-order chi connectivity index (χ0) is 12.3. The maximum absolute atomic E-state index is 9.96. The van der Waals surface area contributed by atoms with Crippen LogP contribution in [0, 0.1) is 5.92 Å². The van der Waals surface area contributed by atoms with Crippen LogP contribution in [0.15, 0.2) is 24.3 Å². The van der Waals surface area contributed by atoms with Crippen molar-refractivity contribution in [3.8, 4) is 0 Å². The lowest BCUT2D eigenvalue weighted by molar-refractivity contribution is 0.0700. The van der Waals surface area contributed by atoms with Gasteiger partial charge in [-0.2, -0.15) is 0 Å². The second-order valence-electron chi connectivity index (χ2n) is 5.38. The van der Waals surface area contributed by atoms with Crippen molar-refractivity contribution in [2.24, 2.45) is 5.92 Å². The minimum Gasteiger partial charge on any atom is -0.393 e. The van der Waals surface area contributed by atoms with E-state index in [1.807, 2.05) is 0 Å². The van der Waals surface area contributed by atoms with Gasteiger partial charge in [-0.3, -0.25) is 0 Å². The quantitative estimate of drug-likeness (QED) is 0.910. The van der Waals surface area contributed by atoms with Crippen molar-refractivity contribution in [1.29, 1.82) is 0 Å². The maximum atomic E-state index is 9.96. The van der Waals surface area contributed by atoms with Gasteiger partial charge in [-0.25, -0.2) is 0 Å². The van der Waals surface area contributed by atoms with Crippen LogP contribution in [-0.2, 0) is 6.42 Å². The summed E-state index contributed by atoms with van der Waals surface area (Å²) in [5.41, 5.74) is 2.58. The predicted molar refractivity (Wildman–Crippen MR) is 79.7 cm³/mol. The summed E-state index contributed by atoms with van der Waals surface area (Å²) in [6.07, 6.45) is 5.57. The van der Waals surface area contributed by atoms with Crippen LogP contribution in [0.1, 0.15) is 31.2 Å². The van der Waals surface area contributed by atoms with Crippen LogP contribution in [-0.4, -0.2) is 25.3 Å². The van der Waals surface area contributed by atoms with Gasteiger partial charge in [-0.1, -0.05) is 25.0 Å². The van der Waals surface area contributed by atoms with Crippen LogP contribution in [0.25, 0.3) is 0 Å². The molecule has 0 spiro atoms. The summed E-state index contributed by atoms with van der Waals surface area (Å²) in [6, 6.07) is 8.70. The fraction of sp³-hybridized carbons (Fsp3) is 0.600. The van der Waals surface area contributed by atoms with E-state index in [4.69, 9.17) is 0 Å². The first-order valence-corrected chi connectivity index (χ1v) is 6.61. The second-order valence-corrected chi connectivity index (χ2v) is 5.38. The van der Waals surface area contributed by atoms with Gasteiger partial charge < -0.3 is 10.0 Å². The molecule has 0 saturated heterocycles. The maximum Gasteiger partial charge on any atom is 0.0571 e. The average molecular weight is 270 g/mol. The molecule has 1 aliphatic rings. The lowest BCUT2D eigenvalue weighted by Crippen LogP contribution is -2.26. The third kappa shape index (κ3) is 3.89. The van der Waals surface area contributed by atoms with Crippen molar-refractivity contribution in [3.05, 3.63) is 29.8 Å². The number of aliphatic hydroxyl groups excluding tert-OH is 1. The van der Waals surface area contributed by atoms with E-state index in [1.54, 1.807) is 0 Å². The van der Waals surface area contributed by atoms with Gasteiger partial charge in [0.25, 0.3) is 0 Å². The molecule has 102 valence electrons. The number of nitrogens with zero attached hydrogens (tertiary/aromatic N) is 1. The number of hydrogen-bond acceptors (Lipinski definition) is 2. The van der Waals surface area contributed by atoms with Gasteiger partial charge in [0, 0.05) is 19.8 Å². The van der Waals surface area contributed by atoms with Crippen LogP contribution in [0.3, 0.4) is 0 Å². The Bertz CT molecular complexity index is 350. The van der Waals surface area contributed by atoms with Crippen molar-refractivity contribution in [2.75, 3.05) is 19.0 Å². The third-order valence-corrected chi connectivity index (χ3v) is 3.82. The van der Waals surface area contributed by atoms with Crippen LogP contribution < -0.4 is 4.90 Å². The van der Waals surface area contributed by atoms with Gasteiger partial charge in [0.15, 0.2) is 0 Å². The van der Waals surface area contributed by atoms with E-state index in [0.717, 1.165) is 12.8 Å². The zero-order valence-corrected chi connectivity index (χ0v) is 12.1. The SMILES string of the molecule is CN(C)c1ccc(CC2CCCCC2O)cc1.Cl. The Morgan fingerprint density at radius 2 is 1.72 bits per heavy atom. The summed E-state index contributed by atoms with van der Waals surface area (Å²) in [6.45, 7) is 0. The van der Waals surface area contributed by atoms with E-state index in [9.17, 15) is 5.11 Å². The molecule has 18 heavy (non-hydrogen) atoms. The first-order valence-electron chi connectivity index (χ1n) is 6.61. The molecule has 1 aromatic carbocycles. The van der Waals surface area contributed by atoms with Gasteiger partial charge >= 0.3 is 0 Å². The Morgan fingerprint density at radius 1 is 1.11 bits per heavy atom. The summed E-state index contributed by atoms with van der Waals surface area (Å²) in [4.78, 5) is 2.11. The van der Waals surface area contributed by atoms with Gasteiger partial charge in [0.05, 0.1) is 6.10 Å². The zero-order valence-electron chi connectivity index (χ0n) is 11.3. The molecule has 1 N–H and O–H groups in total. The molecule has 1 aromatic rings. The Labute approximate surface area is 116 Å². The molecular formula is C15H24ClNO. The van der Waals surface area contributed by atoms with Crippen molar-refractivity contribution < 1.29 is 5.11 Å². The van der Waals surface area contributed by atoms with Gasteiger partial charge in [-0.05, 0) is 42.9 Å². The van der Waals surface area contributed by atoms with Crippen LogP contribution in [0.4, 0.5) is 5.69 Å². The number of halogens is 1. The standard InChI is InChI=1S/C15H23NO.ClH/c1-16(2)14-9-7-12(8-10-14)11-13-5-3-4-6-15(13)17;/h7-10,13,15,17H,3-6,11H2,1-2H3;1H. The van der Waals surface area contributed by atoms with Gasteiger partial charge in [-0.15, -0.1) is 12.4 Å². The first kappa shape index (κ1) is 15.3. The normalized spacial score (nSPS) is 23.3. The third-order valence-electron chi connectivity index (χ3n) is 3.82. The fourth-order valence-corrected chi connectivity index (χ4v) is 2.66. The van der Waals surface area contributed by atoms with E-state index in [1.165, 1.54) is 30.5 Å². The van der Waals surface area contributed by atoms with Crippen LogP contribution in [0.5, 0.6) is 0 Å². The van der Waals surface area contributed by atoms with Crippen LogP contribution in [0.2, 0.25) is 0 Å². The summed E-state index contributed by atoms with van der Waals surface area (Å²) < 4.78 is 0. The Balaban J connectivity index is 0.00000162. The van der Waals surface area contributed by atoms with Gasteiger partial charge in [0.2, 0.25) is 0 Å². The average Bonchev–Trinajstić information content (AvgIpc) is 2.33. The highest BCUT2D eigenvalue weighted by Gasteiger charge is 2.22. The van der Waals surface area contributed by atoms with E-state index >= 15 is 0 Å². The summed E-state index contributed by atoms with van der Waals surface area (Å²) in [7, 11) is 4.11. The number of anilines is 1. The van der Waals surface area contributed by atoms with E-state index < -0.39 is 0 Å². The smallest absolute Gasteiger partial charge is 0.0571 e. The molecule has 1 aliphatic carbocycles. The monoisotopic (exact) mass is 269 g/mol. The summed E-state index contributed by atoms with van der Waals surface area (Å²) in [5.74, 6) is 0.467. The minimum absolute atomic E-state index is 0.